The molecule has 0 aromatic carbocycles. The average molecular weight is 243 g/mol. The molecule has 1 rings (SSSR count). The molecule has 0 fully saturated rings. The molecule has 6 nitrogen and oxygen atoms in total. The number of primary amides is 1. The van der Waals surface area contributed by atoms with E-state index in [1.807, 2.05) is 6.92 Å². The number of amides is 1. The third-order valence-corrected chi connectivity index (χ3v) is 1.85. The summed E-state index contributed by atoms with van der Waals surface area (Å²) < 4.78 is 23.2. The number of rotatable bonds is 6. The maximum Gasteiger partial charge on any atom is 0.273 e. The topological polar surface area (TPSA) is 87.3 Å². The van der Waals surface area contributed by atoms with Crippen molar-refractivity contribution in [3.8, 4) is 5.88 Å². The normalized spacial score (nSPS) is 12.2. The monoisotopic (exact) mass is 243 g/mol. The first kappa shape index (κ1) is 13.3. The minimum atomic E-state index is -0.893. The van der Waals surface area contributed by atoms with E-state index in [1.54, 1.807) is 6.92 Å². The van der Waals surface area contributed by atoms with Gasteiger partial charge in [0, 0.05) is 6.61 Å². The van der Waals surface area contributed by atoms with Crippen LogP contribution in [0.2, 0.25) is 0 Å². The van der Waals surface area contributed by atoms with Crippen LogP contribution in [0.5, 0.6) is 5.88 Å². The van der Waals surface area contributed by atoms with Crippen molar-refractivity contribution in [2.75, 3.05) is 13.2 Å². The van der Waals surface area contributed by atoms with Gasteiger partial charge in [0.25, 0.3) is 5.91 Å². The fourth-order valence-corrected chi connectivity index (χ4v) is 1.15. The highest BCUT2D eigenvalue weighted by Crippen LogP contribution is 2.12. The highest BCUT2D eigenvalue weighted by atomic mass is 19.1. The number of nitrogens with zero attached hydrogens (tertiary/aromatic N) is 2. The fourth-order valence-electron chi connectivity index (χ4n) is 1.15. The number of carbonyl (C=O) groups excluding carboxylic acids is 1. The van der Waals surface area contributed by atoms with E-state index in [0.29, 0.717) is 6.61 Å². The molecule has 0 saturated heterocycles. The van der Waals surface area contributed by atoms with Crippen LogP contribution in [-0.4, -0.2) is 35.2 Å². The van der Waals surface area contributed by atoms with Gasteiger partial charge in [0.05, 0.1) is 12.3 Å². The first-order valence-electron chi connectivity index (χ1n) is 5.11. The molecule has 1 aromatic heterocycles. The van der Waals surface area contributed by atoms with Crippen molar-refractivity contribution in [1.82, 2.24) is 9.97 Å². The summed E-state index contributed by atoms with van der Waals surface area (Å²) in [7, 11) is 0. The summed E-state index contributed by atoms with van der Waals surface area (Å²) in [6, 6.07) is 0. The van der Waals surface area contributed by atoms with Crippen LogP contribution in [-0.2, 0) is 4.74 Å². The summed E-state index contributed by atoms with van der Waals surface area (Å²) in [4.78, 5) is 17.9. The Labute approximate surface area is 98.0 Å². The smallest absolute Gasteiger partial charge is 0.273 e. The van der Waals surface area contributed by atoms with E-state index in [0.717, 1.165) is 6.20 Å². The molecule has 1 unspecified atom stereocenters. The highest BCUT2D eigenvalue weighted by Gasteiger charge is 2.15. The Hall–Kier alpha value is -1.76. The van der Waals surface area contributed by atoms with E-state index in [1.165, 1.54) is 0 Å². The van der Waals surface area contributed by atoms with Crippen molar-refractivity contribution in [2.24, 2.45) is 5.73 Å². The van der Waals surface area contributed by atoms with Crippen LogP contribution in [0.25, 0.3) is 0 Å². The molecule has 1 atom stereocenters. The number of hydrogen-bond donors (Lipinski definition) is 1. The fraction of sp³-hybridized carbons (Fsp3) is 0.500. The third-order valence-electron chi connectivity index (χ3n) is 1.85. The van der Waals surface area contributed by atoms with E-state index in [-0.39, 0.29) is 24.3 Å². The molecule has 1 heterocycles. The summed E-state index contributed by atoms with van der Waals surface area (Å²) in [5.41, 5.74) is 4.70. The lowest BCUT2D eigenvalue weighted by atomic mass is 10.4. The van der Waals surface area contributed by atoms with Crippen LogP contribution >= 0.6 is 0 Å². The lowest BCUT2D eigenvalue weighted by Crippen LogP contribution is -2.22. The maximum absolute atomic E-state index is 12.8. The van der Waals surface area contributed by atoms with E-state index in [4.69, 9.17) is 15.2 Å². The summed E-state index contributed by atoms with van der Waals surface area (Å²) in [6.07, 6.45) is 0.681. The molecule has 0 radical (unpaired) electrons. The molecule has 0 spiro atoms. The minimum absolute atomic E-state index is 0.0922. The predicted octanol–water partition coefficient (Wildman–Crippen LogP) is 0.518. The zero-order chi connectivity index (χ0) is 12.8. The minimum Gasteiger partial charge on any atom is -0.473 e. The molecule has 1 aromatic rings. The van der Waals surface area contributed by atoms with Gasteiger partial charge < -0.3 is 15.2 Å². The number of carbonyl (C=O) groups is 1. The second-order valence-corrected chi connectivity index (χ2v) is 3.29. The van der Waals surface area contributed by atoms with Crippen molar-refractivity contribution in [3.63, 3.8) is 0 Å². The van der Waals surface area contributed by atoms with Crippen LogP contribution in [0.15, 0.2) is 6.20 Å². The van der Waals surface area contributed by atoms with E-state index in [9.17, 15) is 9.18 Å². The van der Waals surface area contributed by atoms with Gasteiger partial charge in [-0.15, -0.1) is 0 Å². The standard InChI is InChI=1S/C10H14FN3O3/c1-3-16-6(2)5-17-10-8(9(12)15)14-7(11)4-13-10/h4,6H,3,5H2,1-2H3,(H2,12,15). The number of halogens is 1. The Morgan fingerprint density at radius 2 is 2.35 bits per heavy atom. The molecule has 1 amide bonds. The SMILES string of the molecule is CCOC(C)COc1ncc(F)nc1C(N)=O. The number of aromatic nitrogens is 2. The molecular formula is C10H14FN3O3. The summed E-state index contributed by atoms with van der Waals surface area (Å²) in [6.45, 7) is 4.37. The van der Waals surface area contributed by atoms with Gasteiger partial charge in [-0.05, 0) is 13.8 Å². The second kappa shape index (κ2) is 6.09. The van der Waals surface area contributed by atoms with E-state index < -0.39 is 11.9 Å². The molecule has 94 valence electrons. The van der Waals surface area contributed by atoms with Crippen molar-refractivity contribution < 1.29 is 18.7 Å². The van der Waals surface area contributed by atoms with Gasteiger partial charge in [-0.2, -0.15) is 4.39 Å². The average Bonchev–Trinajstić information content (AvgIpc) is 2.27. The zero-order valence-electron chi connectivity index (χ0n) is 9.64. The largest absolute Gasteiger partial charge is 0.473 e. The lowest BCUT2D eigenvalue weighted by Gasteiger charge is -2.13. The number of ether oxygens (including phenoxy) is 2. The van der Waals surface area contributed by atoms with Gasteiger partial charge in [0.15, 0.2) is 5.69 Å². The summed E-state index contributed by atoms with van der Waals surface area (Å²) >= 11 is 0. The van der Waals surface area contributed by atoms with E-state index in [2.05, 4.69) is 9.97 Å². The number of hydrogen-bond acceptors (Lipinski definition) is 5. The molecule has 17 heavy (non-hydrogen) atoms. The molecule has 0 bridgehead atoms. The maximum atomic E-state index is 12.8. The first-order valence-corrected chi connectivity index (χ1v) is 5.11. The Bertz CT molecular complexity index is 400. The lowest BCUT2D eigenvalue weighted by molar-refractivity contribution is 0.0383. The molecule has 2 N–H and O–H groups in total. The Morgan fingerprint density at radius 3 is 2.94 bits per heavy atom. The van der Waals surface area contributed by atoms with Crippen LogP contribution < -0.4 is 10.5 Å². The zero-order valence-corrected chi connectivity index (χ0v) is 9.64. The van der Waals surface area contributed by atoms with Gasteiger partial charge in [-0.3, -0.25) is 4.79 Å². The predicted molar refractivity (Wildman–Crippen MR) is 57.1 cm³/mol. The summed E-state index contributed by atoms with van der Waals surface area (Å²) in [5, 5.41) is 0. The molecule has 0 saturated carbocycles. The summed E-state index contributed by atoms with van der Waals surface area (Å²) in [5.74, 6) is -1.87. The molecule has 7 heteroatoms. The van der Waals surface area contributed by atoms with Gasteiger partial charge >= 0.3 is 0 Å². The second-order valence-electron chi connectivity index (χ2n) is 3.29. The quantitative estimate of drug-likeness (QED) is 0.786. The Morgan fingerprint density at radius 1 is 1.65 bits per heavy atom. The van der Waals surface area contributed by atoms with Crippen molar-refractivity contribution in [1.29, 1.82) is 0 Å². The van der Waals surface area contributed by atoms with E-state index >= 15 is 0 Å². The van der Waals surface area contributed by atoms with Gasteiger partial charge in [0.1, 0.15) is 6.61 Å². The van der Waals surface area contributed by atoms with Crippen molar-refractivity contribution >= 4 is 5.91 Å². The first-order chi connectivity index (χ1) is 8.04. The van der Waals surface area contributed by atoms with Crippen molar-refractivity contribution in [3.05, 3.63) is 17.8 Å². The van der Waals surface area contributed by atoms with Crippen LogP contribution in [0, 0.1) is 5.95 Å². The Balaban J connectivity index is 2.73. The third kappa shape index (κ3) is 3.95. The molecule has 0 aliphatic carbocycles. The molecule has 0 aliphatic rings. The number of nitrogens with two attached hydrogens (primary N) is 1. The highest BCUT2D eigenvalue weighted by molar-refractivity contribution is 5.92. The van der Waals surface area contributed by atoms with Gasteiger partial charge in [-0.25, -0.2) is 9.97 Å². The van der Waals surface area contributed by atoms with Crippen molar-refractivity contribution in [2.45, 2.75) is 20.0 Å². The van der Waals surface area contributed by atoms with Crippen LogP contribution in [0.4, 0.5) is 4.39 Å². The van der Waals surface area contributed by atoms with Gasteiger partial charge in [0.2, 0.25) is 11.8 Å². The molecule has 0 aliphatic heterocycles. The van der Waals surface area contributed by atoms with Gasteiger partial charge in [-0.1, -0.05) is 0 Å². The van der Waals surface area contributed by atoms with Crippen LogP contribution in [0.3, 0.4) is 0 Å². The Kier molecular flexibility index (Phi) is 4.77. The molecular weight excluding hydrogens is 229 g/mol. The van der Waals surface area contributed by atoms with Crippen LogP contribution in [0.1, 0.15) is 24.3 Å².